The third-order valence-electron chi connectivity index (χ3n) is 4.53. The topological polar surface area (TPSA) is 131 Å². The molecule has 1 aromatic carbocycles. The summed E-state index contributed by atoms with van der Waals surface area (Å²) in [7, 11) is 1.60. The Hall–Kier alpha value is -3.08. The Kier molecular flexibility index (Phi) is 10.2. The van der Waals surface area contributed by atoms with Crippen molar-refractivity contribution < 1.29 is 37.4 Å². The lowest BCUT2D eigenvalue weighted by atomic mass is 10.0. The highest BCUT2D eigenvalue weighted by Crippen LogP contribution is 2.33. The quantitative estimate of drug-likeness (QED) is 0.420. The Bertz CT molecular complexity index is 806. The molecule has 2 atom stereocenters. The highest BCUT2D eigenvalue weighted by molar-refractivity contribution is 5.99. The number of nitrogens with two attached hydrogens (primary N) is 1. The summed E-state index contributed by atoms with van der Waals surface area (Å²) in [6.45, 7) is 3.90. The lowest BCUT2D eigenvalue weighted by Gasteiger charge is -2.24. The van der Waals surface area contributed by atoms with E-state index in [0.29, 0.717) is 11.6 Å². The van der Waals surface area contributed by atoms with Crippen LogP contribution in [0.4, 0.5) is 18.9 Å². The molecule has 1 aromatic rings. The number of halogens is 3. The predicted octanol–water partition coefficient (Wildman–Crippen LogP) is 2.70. The van der Waals surface area contributed by atoms with Gasteiger partial charge in [0.15, 0.2) is 0 Å². The number of carbonyl (C=O) groups is 3. The van der Waals surface area contributed by atoms with Crippen molar-refractivity contribution in [2.45, 2.75) is 44.9 Å². The van der Waals surface area contributed by atoms with Gasteiger partial charge >= 0.3 is 12.1 Å². The normalized spacial score (nSPS) is 15.5. The molecule has 2 rings (SSSR count). The first-order valence-electron chi connectivity index (χ1n) is 9.83. The predicted molar refractivity (Wildman–Crippen MR) is 112 cm³/mol. The number of carbonyl (C=O) groups excluding carboxylic acids is 2. The maximum Gasteiger partial charge on any atom is 0.490 e. The number of hydrogen-bond acceptors (Lipinski definition) is 5. The van der Waals surface area contributed by atoms with Gasteiger partial charge in [0.05, 0.1) is 13.2 Å². The SMILES string of the molecule is COc1ccc(NC(=O)/C=C/[C@@H](N[C@H](C(N)=O)C(C)C)C2CC2)cc1.O=C(O)C(F)(F)F. The number of primary amides is 1. The number of benzene rings is 1. The highest BCUT2D eigenvalue weighted by atomic mass is 19.4. The zero-order valence-corrected chi connectivity index (χ0v) is 18.0. The zero-order valence-electron chi connectivity index (χ0n) is 18.0. The molecular weight excluding hydrogens is 431 g/mol. The second kappa shape index (κ2) is 12.1. The molecule has 0 saturated heterocycles. The molecular formula is C21H28F3N3O5. The van der Waals surface area contributed by atoms with Crippen LogP contribution < -0.4 is 21.1 Å². The lowest BCUT2D eigenvalue weighted by molar-refractivity contribution is -0.192. The van der Waals surface area contributed by atoms with Crippen molar-refractivity contribution in [3.8, 4) is 5.75 Å². The monoisotopic (exact) mass is 459 g/mol. The Morgan fingerprint density at radius 3 is 2.09 bits per heavy atom. The Labute approximate surface area is 184 Å². The Balaban J connectivity index is 0.000000633. The van der Waals surface area contributed by atoms with Crippen LogP contribution in [-0.2, 0) is 14.4 Å². The summed E-state index contributed by atoms with van der Waals surface area (Å²) < 4.78 is 36.8. The van der Waals surface area contributed by atoms with E-state index in [4.69, 9.17) is 20.4 Å². The van der Waals surface area contributed by atoms with Crippen LogP contribution in [-0.4, -0.2) is 48.3 Å². The van der Waals surface area contributed by atoms with Crippen LogP contribution in [0.1, 0.15) is 26.7 Å². The minimum Gasteiger partial charge on any atom is -0.497 e. The van der Waals surface area contributed by atoms with Gasteiger partial charge in [0.1, 0.15) is 5.75 Å². The number of rotatable bonds is 9. The van der Waals surface area contributed by atoms with Crippen molar-refractivity contribution in [2.24, 2.45) is 17.6 Å². The number of nitrogens with one attached hydrogen (secondary N) is 2. The van der Waals surface area contributed by atoms with Gasteiger partial charge in [-0.1, -0.05) is 19.9 Å². The molecule has 32 heavy (non-hydrogen) atoms. The number of carboxylic acids is 1. The van der Waals surface area contributed by atoms with Crippen molar-refractivity contribution >= 4 is 23.5 Å². The first-order valence-corrected chi connectivity index (χ1v) is 9.83. The van der Waals surface area contributed by atoms with Crippen LogP contribution in [0.5, 0.6) is 5.75 Å². The van der Waals surface area contributed by atoms with E-state index in [1.165, 1.54) is 6.08 Å². The first-order chi connectivity index (χ1) is 14.8. The molecule has 0 unspecified atom stereocenters. The van der Waals surface area contributed by atoms with Gasteiger partial charge in [-0.2, -0.15) is 13.2 Å². The Morgan fingerprint density at radius 2 is 1.72 bits per heavy atom. The van der Waals surface area contributed by atoms with E-state index in [-0.39, 0.29) is 23.8 Å². The van der Waals surface area contributed by atoms with E-state index in [0.717, 1.165) is 18.6 Å². The second-order valence-electron chi connectivity index (χ2n) is 7.53. The van der Waals surface area contributed by atoms with E-state index in [9.17, 15) is 22.8 Å². The van der Waals surface area contributed by atoms with Crippen LogP contribution in [0.3, 0.4) is 0 Å². The van der Waals surface area contributed by atoms with Crippen LogP contribution in [0.15, 0.2) is 36.4 Å². The third-order valence-corrected chi connectivity index (χ3v) is 4.53. The number of aliphatic carboxylic acids is 1. The van der Waals surface area contributed by atoms with Crippen molar-refractivity contribution in [3.63, 3.8) is 0 Å². The van der Waals surface area contributed by atoms with Gasteiger partial charge in [-0.25, -0.2) is 4.79 Å². The Morgan fingerprint density at radius 1 is 1.19 bits per heavy atom. The highest BCUT2D eigenvalue weighted by Gasteiger charge is 2.38. The maximum absolute atomic E-state index is 12.1. The fourth-order valence-electron chi connectivity index (χ4n) is 2.66. The zero-order chi connectivity index (χ0) is 24.5. The summed E-state index contributed by atoms with van der Waals surface area (Å²) in [4.78, 5) is 32.6. The summed E-state index contributed by atoms with van der Waals surface area (Å²) in [6.07, 6.45) is 0.435. The largest absolute Gasteiger partial charge is 0.497 e. The van der Waals surface area contributed by atoms with E-state index < -0.39 is 18.2 Å². The summed E-state index contributed by atoms with van der Waals surface area (Å²) in [5.74, 6) is -2.05. The maximum atomic E-state index is 12.1. The van der Waals surface area contributed by atoms with Crippen molar-refractivity contribution in [2.75, 3.05) is 12.4 Å². The minimum atomic E-state index is -5.08. The molecule has 0 radical (unpaired) electrons. The van der Waals surface area contributed by atoms with Gasteiger partial charge in [-0.05, 0) is 48.9 Å². The van der Waals surface area contributed by atoms with Crippen LogP contribution >= 0.6 is 0 Å². The summed E-state index contributed by atoms with van der Waals surface area (Å²) in [5, 5.41) is 13.2. The number of anilines is 1. The second-order valence-corrected chi connectivity index (χ2v) is 7.53. The fourth-order valence-corrected chi connectivity index (χ4v) is 2.66. The molecule has 1 saturated carbocycles. The van der Waals surface area contributed by atoms with Crippen LogP contribution in [0, 0.1) is 11.8 Å². The molecule has 1 aliphatic carbocycles. The smallest absolute Gasteiger partial charge is 0.490 e. The molecule has 8 nitrogen and oxygen atoms in total. The number of amides is 2. The summed E-state index contributed by atoms with van der Waals surface area (Å²) in [5.41, 5.74) is 6.17. The molecule has 0 heterocycles. The van der Waals surface area contributed by atoms with Gasteiger partial charge in [0, 0.05) is 17.8 Å². The average Bonchev–Trinajstić information content (AvgIpc) is 3.53. The van der Waals surface area contributed by atoms with Crippen LogP contribution in [0.2, 0.25) is 0 Å². The molecule has 5 N–H and O–H groups in total. The third kappa shape index (κ3) is 9.82. The number of carboxylic acid groups (broad SMARTS) is 1. The van der Waals surface area contributed by atoms with Crippen molar-refractivity contribution in [1.29, 1.82) is 0 Å². The van der Waals surface area contributed by atoms with Crippen LogP contribution in [0.25, 0.3) is 0 Å². The van der Waals surface area contributed by atoms with E-state index in [1.54, 1.807) is 31.4 Å². The molecule has 1 aliphatic rings. The van der Waals surface area contributed by atoms with Gasteiger partial charge < -0.3 is 20.9 Å². The molecule has 1 fully saturated rings. The molecule has 0 spiro atoms. The molecule has 0 bridgehead atoms. The van der Waals surface area contributed by atoms with E-state index >= 15 is 0 Å². The van der Waals surface area contributed by atoms with E-state index in [2.05, 4.69) is 10.6 Å². The number of hydrogen-bond donors (Lipinski definition) is 4. The standard InChI is InChI=1S/C19H27N3O3.C2HF3O2/c1-12(2)18(19(20)24)22-16(13-4-5-13)10-11-17(23)21-14-6-8-15(25-3)9-7-14;3-2(4,5)1(6)7/h6-13,16,18,22H,4-5H2,1-3H3,(H2,20,24)(H,21,23);(H,6,7)/b11-10+;/t16-,18+;/m1./s1. The van der Waals surface area contributed by atoms with Gasteiger partial charge in [-0.3, -0.25) is 14.9 Å². The lowest BCUT2D eigenvalue weighted by Crippen LogP contribution is -2.49. The molecule has 0 aromatic heterocycles. The first kappa shape index (κ1) is 27.0. The van der Waals surface area contributed by atoms with Crippen molar-refractivity contribution in [3.05, 3.63) is 36.4 Å². The number of alkyl halides is 3. The molecule has 2 amide bonds. The van der Waals surface area contributed by atoms with Crippen molar-refractivity contribution in [1.82, 2.24) is 5.32 Å². The van der Waals surface area contributed by atoms with Gasteiger partial charge in [0.2, 0.25) is 11.8 Å². The van der Waals surface area contributed by atoms with Gasteiger partial charge in [0.25, 0.3) is 0 Å². The summed E-state index contributed by atoms with van der Waals surface area (Å²) in [6, 6.07) is 6.70. The van der Waals surface area contributed by atoms with Gasteiger partial charge in [-0.15, -0.1) is 0 Å². The molecule has 178 valence electrons. The average molecular weight is 459 g/mol. The number of methoxy groups -OCH3 is 1. The molecule has 11 heteroatoms. The number of ether oxygens (including phenoxy) is 1. The van der Waals surface area contributed by atoms with E-state index in [1.807, 2.05) is 19.9 Å². The minimum absolute atomic E-state index is 0.0264. The summed E-state index contributed by atoms with van der Waals surface area (Å²) >= 11 is 0. The fraction of sp³-hybridized carbons (Fsp3) is 0.476. The molecule has 0 aliphatic heterocycles.